The summed E-state index contributed by atoms with van der Waals surface area (Å²) in [5.74, 6) is -0.0380. The van der Waals surface area contributed by atoms with Crippen LogP contribution in [0, 0.1) is 0 Å². The van der Waals surface area contributed by atoms with Crippen LogP contribution in [0.25, 0.3) is 6.08 Å². The summed E-state index contributed by atoms with van der Waals surface area (Å²) in [6.07, 6.45) is 3.32. The van der Waals surface area contributed by atoms with Crippen LogP contribution in [0.2, 0.25) is 0 Å². The van der Waals surface area contributed by atoms with Crippen molar-refractivity contribution in [1.82, 2.24) is 0 Å². The maximum atomic E-state index is 11.9. The monoisotopic (exact) mass is 304 g/mol. The number of benzene rings is 2. The molecule has 0 radical (unpaired) electrons. The van der Waals surface area contributed by atoms with Crippen LogP contribution in [-0.4, -0.2) is 5.78 Å². The van der Waals surface area contributed by atoms with Crippen molar-refractivity contribution >= 4 is 49.7 Å². The predicted molar refractivity (Wildman–Crippen MR) is 88.0 cm³/mol. The van der Waals surface area contributed by atoms with E-state index in [4.69, 9.17) is 0 Å². The van der Waals surface area contributed by atoms with Crippen LogP contribution < -0.4 is 0 Å². The van der Waals surface area contributed by atoms with Crippen molar-refractivity contribution in [3.63, 3.8) is 0 Å². The molecule has 0 spiro atoms. The molecule has 0 saturated carbocycles. The van der Waals surface area contributed by atoms with Crippen LogP contribution in [0.5, 0.6) is 0 Å². The number of hydrogen-bond acceptors (Lipinski definition) is 4. The Morgan fingerprint density at radius 3 is 2.21 bits per heavy atom. The molecule has 0 fully saturated rings. The standard InChI is InChI=1S/C15H12OS3/c16-13(11-3-5-12(17)6-4-11)7-1-10-2-8-14(18)15(19)9-10/h1-9,17-19H. The van der Waals surface area contributed by atoms with Crippen molar-refractivity contribution < 1.29 is 4.79 Å². The van der Waals surface area contributed by atoms with Gasteiger partial charge in [0.25, 0.3) is 0 Å². The van der Waals surface area contributed by atoms with E-state index in [0.717, 1.165) is 20.2 Å². The molecule has 1 nitrogen and oxygen atoms in total. The molecule has 96 valence electrons. The summed E-state index contributed by atoms with van der Waals surface area (Å²) < 4.78 is 0. The summed E-state index contributed by atoms with van der Waals surface area (Å²) in [5.41, 5.74) is 1.56. The first-order chi connectivity index (χ1) is 9.06. The quantitative estimate of drug-likeness (QED) is 0.434. The normalized spacial score (nSPS) is 10.9. The number of ketones is 1. The van der Waals surface area contributed by atoms with Gasteiger partial charge in [0.15, 0.2) is 5.78 Å². The second kappa shape index (κ2) is 6.37. The molecule has 0 heterocycles. The fourth-order valence-corrected chi connectivity index (χ4v) is 2.05. The Kier molecular flexibility index (Phi) is 4.80. The third-order valence-electron chi connectivity index (χ3n) is 2.58. The Morgan fingerprint density at radius 1 is 0.895 bits per heavy atom. The number of rotatable bonds is 3. The first kappa shape index (κ1) is 14.3. The summed E-state index contributed by atoms with van der Waals surface area (Å²) >= 11 is 12.7. The van der Waals surface area contributed by atoms with Gasteiger partial charge in [-0.2, -0.15) is 0 Å². The molecule has 2 aromatic rings. The van der Waals surface area contributed by atoms with E-state index in [9.17, 15) is 4.79 Å². The van der Waals surface area contributed by atoms with Gasteiger partial charge in [-0.15, -0.1) is 37.9 Å². The van der Waals surface area contributed by atoms with E-state index >= 15 is 0 Å². The molecule has 19 heavy (non-hydrogen) atoms. The Balaban J connectivity index is 2.15. The lowest BCUT2D eigenvalue weighted by molar-refractivity contribution is 0.104. The third-order valence-corrected chi connectivity index (χ3v) is 3.81. The summed E-state index contributed by atoms with van der Waals surface area (Å²) in [7, 11) is 0. The summed E-state index contributed by atoms with van der Waals surface area (Å²) in [6, 6.07) is 12.7. The Hall–Kier alpha value is -1.10. The van der Waals surface area contributed by atoms with Crippen LogP contribution in [0.3, 0.4) is 0 Å². The third kappa shape index (κ3) is 3.93. The van der Waals surface area contributed by atoms with Crippen molar-refractivity contribution in [3.05, 3.63) is 59.7 Å². The van der Waals surface area contributed by atoms with Crippen LogP contribution in [0.1, 0.15) is 15.9 Å². The van der Waals surface area contributed by atoms with Crippen LogP contribution >= 0.6 is 37.9 Å². The molecule has 0 aromatic heterocycles. The topological polar surface area (TPSA) is 17.1 Å². The average Bonchev–Trinajstić information content (AvgIpc) is 2.40. The van der Waals surface area contributed by atoms with Crippen molar-refractivity contribution in [2.75, 3.05) is 0 Å². The van der Waals surface area contributed by atoms with Crippen molar-refractivity contribution in [2.45, 2.75) is 14.7 Å². The highest BCUT2D eigenvalue weighted by atomic mass is 32.1. The minimum absolute atomic E-state index is 0.0380. The Labute approximate surface area is 129 Å². The van der Waals surface area contributed by atoms with E-state index in [1.807, 2.05) is 18.2 Å². The molecular formula is C15H12OS3. The highest BCUT2D eigenvalue weighted by Gasteiger charge is 2.01. The van der Waals surface area contributed by atoms with Crippen molar-refractivity contribution in [2.24, 2.45) is 0 Å². The molecule has 0 unspecified atom stereocenters. The lowest BCUT2D eigenvalue weighted by Crippen LogP contribution is -1.93. The first-order valence-corrected chi connectivity index (χ1v) is 6.94. The van der Waals surface area contributed by atoms with E-state index < -0.39 is 0 Å². The summed E-state index contributed by atoms with van der Waals surface area (Å²) in [6.45, 7) is 0. The average molecular weight is 304 g/mol. The Bertz CT molecular complexity index is 630. The molecule has 0 N–H and O–H groups in total. The van der Waals surface area contributed by atoms with Crippen molar-refractivity contribution in [1.29, 1.82) is 0 Å². The van der Waals surface area contributed by atoms with E-state index in [1.165, 1.54) is 0 Å². The minimum Gasteiger partial charge on any atom is -0.289 e. The van der Waals surface area contributed by atoms with E-state index in [1.54, 1.807) is 36.4 Å². The summed E-state index contributed by atoms with van der Waals surface area (Å²) in [4.78, 5) is 14.4. The SMILES string of the molecule is O=C(C=Cc1ccc(S)c(S)c1)c1ccc(S)cc1. The van der Waals surface area contributed by atoms with Crippen LogP contribution in [0.15, 0.2) is 63.2 Å². The van der Waals surface area contributed by atoms with Gasteiger partial charge in [-0.05, 0) is 48.0 Å². The molecule has 0 aliphatic rings. The molecule has 2 aromatic carbocycles. The molecule has 2 rings (SSSR count). The zero-order chi connectivity index (χ0) is 13.8. The molecule has 0 aliphatic carbocycles. The fourth-order valence-electron chi connectivity index (χ4n) is 1.54. The highest BCUT2D eigenvalue weighted by Crippen LogP contribution is 2.20. The van der Waals surface area contributed by atoms with E-state index in [-0.39, 0.29) is 5.78 Å². The lowest BCUT2D eigenvalue weighted by Gasteiger charge is -1.99. The molecular weight excluding hydrogens is 292 g/mol. The minimum atomic E-state index is -0.0380. The number of hydrogen-bond donors (Lipinski definition) is 3. The number of allylic oxidation sites excluding steroid dienone is 1. The number of thiol groups is 3. The maximum Gasteiger partial charge on any atom is 0.185 e. The van der Waals surface area contributed by atoms with Gasteiger partial charge in [-0.3, -0.25) is 4.79 Å². The maximum absolute atomic E-state index is 11.9. The van der Waals surface area contributed by atoms with Gasteiger partial charge >= 0.3 is 0 Å². The molecule has 4 heteroatoms. The van der Waals surface area contributed by atoms with Gasteiger partial charge in [-0.1, -0.05) is 12.1 Å². The predicted octanol–water partition coefficient (Wildman–Crippen LogP) is 4.45. The van der Waals surface area contributed by atoms with Crippen LogP contribution in [-0.2, 0) is 0 Å². The lowest BCUT2D eigenvalue weighted by atomic mass is 10.1. The molecule has 0 amide bonds. The molecule has 0 atom stereocenters. The van der Waals surface area contributed by atoms with Gasteiger partial charge in [0.2, 0.25) is 0 Å². The molecule has 0 saturated heterocycles. The zero-order valence-electron chi connectivity index (χ0n) is 9.95. The molecule has 0 bridgehead atoms. The van der Waals surface area contributed by atoms with E-state index in [0.29, 0.717) is 5.56 Å². The largest absolute Gasteiger partial charge is 0.289 e. The van der Waals surface area contributed by atoms with Gasteiger partial charge < -0.3 is 0 Å². The number of carbonyl (C=O) groups excluding carboxylic acids is 1. The molecule has 0 aliphatic heterocycles. The second-order valence-electron chi connectivity index (χ2n) is 3.99. The number of carbonyl (C=O) groups is 1. The fraction of sp³-hybridized carbons (Fsp3) is 0. The summed E-state index contributed by atoms with van der Waals surface area (Å²) in [5, 5.41) is 0. The van der Waals surface area contributed by atoms with Gasteiger partial charge in [-0.25, -0.2) is 0 Å². The van der Waals surface area contributed by atoms with Gasteiger partial charge in [0, 0.05) is 20.2 Å². The smallest absolute Gasteiger partial charge is 0.185 e. The van der Waals surface area contributed by atoms with Gasteiger partial charge in [0.05, 0.1) is 0 Å². The second-order valence-corrected chi connectivity index (χ2v) is 5.47. The Morgan fingerprint density at radius 2 is 1.58 bits per heavy atom. The van der Waals surface area contributed by atoms with E-state index in [2.05, 4.69) is 37.9 Å². The zero-order valence-corrected chi connectivity index (χ0v) is 12.6. The van der Waals surface area contributed by atoms with Gasteiger partial charge in [0.1, 0.15) is 0 Å². The van der Waals surface area contributed by atoms with Crippen LogP contribution in [0.4, 0.5) is 0 Å². The van der Waals surface area contributed by atoms with Crippen molar-refractivity contribution in [3.8, 4) is 0 Å². The first-order valence-electron chi connectivity index (χ1n) is 5.60. The highest BCUT2D eigenvalue weighted by molar-refractivity contribution is 7.83.